The highest BCUT2D eigenvalue weighted by molar-refractivity contribution is 6.06. The molecule has 12 heteroatoms. The molecular weight excluding hydrogens is 512 g/mol. The third kappa shape index (κ3) is 4.34. The Balaban J connectivity index is 1.20. The number of hydrogen-bond donors (Lipinski definition) is 3. The van der Waals surface area contributed by atoms with Crippen molar-refractivity contribution in [3.63, 3.8) is 0 Å². The van der Waals surface area contributed by atoms with E-state index in [4.69, 9.17) is 25.0 Å². The van der Waals surface area contributed by atoms with Crippen LogP contribution in [0, 0.1) is 0 Å². The number of nitrogens with zero attached hydrogens (tertiary/aromatic N) is 5. The van der Waals surface area contributed by atoms with Crippen molar-refractivity contribution in [3.8, 4) is 22.8 Å². The molecule has 2 fully saturated rings. The SMILES string of the molecule is Nc1ncnc2c1c(-c1ccc(NC(=O)c3ccc(N4CCOCC4)cc3)c3c1OCO3)nn2[C@@H]1CCCNC1. The fraction of sp³-hybridized carbons (Fsp3) is 0.357. The monoisotopic (exact) mass is 542 g/mol. The molecule has 0 aliphatic carbocycles. The molecule has 2 aromatic heterocycles. The van der Waals surface area contributed by atoms with Gasteiger partial charge < -0.3 is 35.5 Å². The number of hydrogen-bond acceptors (Lipinski definition) is 10. The number of fused-ring (bicyclic) bond motifs is 2. The van der Waals surface area contributed by atoms with Gasteiger partial charge >= 0.3 is 0 Å². The summed E-state index contributed by atoms with van der Waals surface area (Å²) in [7, 11) is 0. The summed E-state index contributed by atoms with van der Waals surface area (Å²) in [6, 6.07) is 11.4. The zero-order chi connectivity index (χ0) is 27.1. The third-order valence-corrected chi connectivity index (χ3v) is 7.66. The van der Waals surface area contributed by atoms with Crippen LogP contribution in [0.4, 0.5) is 17.2 Å². The molecular formula is C28H30N8O4. The number of carbonyl (C=O) groups is 1. The smallest absolute Gasteiger partial charge is 0.255 e. The van der Waals surface area contributed by atoms with E-state index in [1.807, 2.05) is 35.0 Å². The summed E-state index contributed by atoms with van der Waals surface area (Å²) in [5.74, 6) is 1.06. The zero-order valence-corrected chi connectivity index (χ0v) is 21.9. The lowest BCUT2D eigenvalue weighted by atomic mass is 10.1. The molecule has 3 aliphatic heterocycles. The van der Waals surface area contributed by atoms with Crippen molar-refractivity contribution in [1.82, 2.24) is 25.1 Å². The fourth-order valence-electron chi connectivity index (χ4n) is 5.60. The molecule has 12 nitrogen and oxygen atoms in total. The number of morpholine rings is 1. The number of benzene rings is 2. The second kappa shape index (κ2) is 10.3. The molecule has 2 aromatic carbocycles. The minimum Gasteiger partial charge on any atom is -0.453 e. The summed E-state index contributed by atoms with van der Waals surface area (Å²) in [4.78, 5) is 24.2. The number of amides is 1. The van der Waals surface area contributed by atoms with Crippen LogP contribution in [-0.4, -0.2) is 71.8 Å². The Hall–Kier alpha value is -4.42. The van der Waals surface area contributed by atoms with Crippen molar-refractivity contribution in [2.45, 2.75) is 18.9 Å². The average molecular weight is 543 g/mol. The number of nitrogens with one attached hydrogen (secondary N) is 2. The lowest BCUT2D eigenvalue weighted by Crippen LogP contribution is -2.36. The van der Waals surface area contributed by atoms with Crippen LogP contribution in [0.1, 0.15) is 29.2 Å². The second-order valence-electron chi connectivity index (χ2n) is 10.1. The minimum atomic E-state index is -0.240. The van der Waals surface area contributed by atoms with E-state index in [0.717, 1.165) is 44.7 Å². The average Bonchev–Trinajstić information content (AvgIpc) is 3.65. The van der Waals surface area contributed by atoms with Crippen LogP contribution in [0.15, 0.2) is 42.7 Å². The quantitative estimate of drug-likeness (QED) is 0.345. The zero-order valence-electron chi connectivity index (χ0n) is 21.9. The fourth-order valence-corrected chi connectivity index (χ4v) is 5.60. The molecule has 4 aromatic rings. The van der Waals surface area contributed by atoms with Crippen molar-refractivity contribution in [2.24, 2.45) is 0 Å². The number of anilines is 3. The molecule has 0 saturated carbocycles. The summed E-state index contributed by atoms with van der Waals surface area (Å²) >= 11 is 0. The molecule has 3 aliphatic rings. The Labute approximate surface area is 230 Å². The van der Waals surface area contributed by atoms with Gasteiger partial charge in [0.25, 0.3) is 5.91 Å². The first-order valence-electron chi connectivity index (χ1n) is 13.5. The molecule has 0 radical (unpaired) electrons. The number of nitrogens with two attached hydrogens (primary N) is 1. The molecule has 1 atom stereocenters. The van der Waals surface area contributed by atoms with Crippen LogP contribution in [0.25, 0.3) is 22.3 Å². The summed E-state index contributed by atoms with van der Waals surface area (Å²) < 4.78 is 19.1. The lowest BCUT2D eigenvalue weighted by Gasteiger charge is -2.28. The highest BCUT2D eigenvalue weighted by Crippen LogP contribution is 2.48. The van der Waals surface area contributed by atoms with Crippen molar-refractivity contribution in [2.75, 3.05) is 62.1 Å². The number of ether oxygens (including phenoxy) is 3. The Kier molecular flexibility index (Phi) is 6.33. The van der Waals surface area contributed by atoms with Gasteiger partial charge in [-0.3, -0.25) is 4.79 Å². The van der Waals surface area contributed by atoms with Gasteiger partial charge in [0, 0.05) is 36.4 Å². The van der Waals surface area contributed by atoms with Crippen LogP contribution < -0.4 is 30.7 Å². The number of rotatable bonds is 5. The van der Waals surface area contributed by atoms with Gasteiger partial charge in [0.15, 0.2) is 17.1 Å². The topological polar surface area (TPSA) is 142 Å². The maximum absolute atomic E-state index is 13.2. The second-order valence-corrected chi connectivity index (χ2v) is 10.1. The van der Waals surface area contributed by atoms with Crippen LogP contribution in [0.5, 0.6) is 11.5 Å². The maximum atomic E-state index is 13.2. The van der Waals surface area contributed by atoms with Crippen LogP contribution in [0.2, 0.25) is 0 Å². The van der Waals surface area contributed by atoms with E-state index in [2.05, 4.69) is 25.5 Å². The molecule has 0 bridgehead atoms. The largest absolute Gasteiger partial charge is 0.453 e. The lowest BCUT2D eigenvalue weighted by molar-refractivity contribution is 0.102. The molecule has 4 N–H and O–H groups in total. The number of nitrogen functional groups attached to an aromatic ring is 1. The summed E-state index contributed by atoms with van der Waals surface area (Å²) in [6.45, 7) is 4.91. The highest BCUT2D eigenvalue weighted by atomic mass is 16.7. The van der Waals surface area contributed by atoms with Gasteiger partial charge in [-0.2, -0.15) is 5.10 Å². The van der Waals surface area contributed by atoms with E-state index in [9.17, 15) is 4.79 Å². The van der Waals surface area contributed by atoms with E-state index in [-0.39, 0.29) is 18.7 Å². The van der Waals surface area contributed by atoms with E-state index in [1.54, 1.807) is 6.07 Å². The first-order valence-corrected chi connectivity index (χ1v) is 13.5. The Morgan fingerprint density at radius 3 is 2.67 bits per heavy atom. The summed E-state index contributed by atoms with van der Waals surface area (Å²) in [5.41, 5.74) is 10.5. The van der Waals surface area contributed by atoms with Gasteiger partial charge in [-0.15, -0.1) is 0 Å². The Morgan fingerprint density at radius 1 is 1.05 bits per heavy atom. The first-order chi connectivity index (χ1) is 19.7. The highest BCUT2D eigenvalue weighted by Gasteiger charge is 2.29. The van der Waals surface area contributed by atoms with Crippen LogP contribution in [-0.2, 0) is 4.74 Å². The number of carbonyl (C=O) groups excluding carboxylic acids is 1. The van der Waals surface area contributed by atoms with Crippen molar-refractivity contribution < 1.29 is 19.0 Å². The Morgan fingerprint density at radius 2 is 1.88 bits per heavy atom. The van der Waals surface area contributed by atoms with Crippen LogP contribution >= 0.6 is 0 Å². The third-order valence-electron chi connectivity index (χ3n) is 7.66. The molecule has 7 rings (SSSR count). The number of piperidine rings is 1. The molecule has 0 spiro atoms. The van der Waals surface area contributed by atoms with Crippen molar-refractivity contribution in [1.29, 1.82) is 0 Å². The van der Waals surface area contributed by atoms with E-state index in [1.165, 1.54) is 6.33 Å². The van der Waals surface area contributed by atoms with Gasteiger partial charge in [-0.05, 0) is 55.8 Å². The molecule has 1 amide bonds. The Bertz CT molecular complexity index is 1560. The van der Waals surface area contributed by atoms with Crippen molar-refractivity contribution >= 4 is 34.1 Å². The van der Waals surface area contributed by atoms with Gasteiger partial charge in [-0.1, -0.05) is 0 Å². The standard InChI is InChI=1S/C28H30N8O4/c29-26-22-23(34-36(27(22)32-15-31-26)19-2-1-9-30-14-19)20-7-8-21(25-24(20)39-16-40-25)33-28(37)17-3-5-18(6-4-17)35-10-12-38-13-11-35/h3-8,15,19,30H,1-2,9-14,16H2,(H,33,37)(H2,29,31,32)/t19-/m1/s1. The van der Waals surface area contributed by atoms with Crippen molar-refractivity contribution in [3.05, 3.63) is 48.3 Å². The molecule has 206 valence electrons. The van der Waals surface area contributed by atoms with E-state index < -0.39 is 0 Å². The maximum Gasteiger partial charge on any atom is 0.255 e. The van der Waals surface area contributed by atoms with Crippen LogP contribution in [0.3, 0.4) is 0 Å². The predicted molar refractivity (Wildman–Crippen MR) is 150 cm³/mol. The molecule has 40 heavy (non-hydrogen) atoms. The molecule has 0 unspecified atom stereocenters. The molecule has 5 heterocycles. The summed E-state index contributed by atoms with van der Waals surface area (Å²) in [6.07, 6.45) is 3.51. The van der Waals surface area contributed by atoms with Gasteiger partial charge in [-0.25, -0.2) is 14.6 Å². The minimum absolute atomic E-state index is 0.0284. The van der Waals surface area contributed by atoms with E-state index in [0.29, 0.717) is 64.1 Å². The van der Waals surface area contributed by atoms with Gasteiger partial charge in [0.1, 0.15) is 17.8 Å². The number of aromatic nitrogens is 4. The molecule has 2 saturated heterocycles. The van der Waals surface area contributed by atoms with Gasteiger partial charge in [0.05, 0.1) is 30.3 Å². The van der Waals surface area contributed by atoms with Gasteiger partial charge in [0.2, 0.25) is 6.79 Å². The predicted octanol–water partition coefficient (Wildman–Crippen LogP) is 2.82. The van der Waals surface area contributed by atoms with E-state index >= 15 is 0 Å². The first kappa shape index (κ1) is 24.6. The normalized spacial score (nSPS) is 18.7. The summed E-state index contributed by atoms with van der Waals surface area (Å²) in [5, 5.41) is 12.1.